The molecule has 0 bridgehead atoms. The van der Waals surface area contributed by atoms with E-state index in [1.807, 2.05) is 0 Å². The molecule has 0 radical (unpaired) electrons. The van der Waals surface area contributed by atoms with Gasteiger partial charge in [0, 0.05) is 0 Å². The summed E-state index contributed by atoms with van der Waals surface area (Å²) in [5.74, 6) is 0. The zero-order valence-corrected chi connectivity index (χ0v) is 28.4. The molecule has 10 unspecified atom stereocenters. The zero-order valence-electron chi connectivity index (χ0n) is 16.8. The molecule has 0 aromatic carbocycles. The zero-order chi connectivity index (χ0) is 22.3. The van der Waals surface area contributed by atoms with E-state index in [4.69, 9.17) is 19.6 Å². The average Bonchev–Trinajstić information content (AvgIpc) is 2.39. The van der Waals surface area contributed by atoms with Crippen LogP contribution in [0.25, 0.3) is 0 Å². The van der Waals surface area contributed by atoms with Crippen molar-refractivity contribution in [2.24, 2.45) is 0 Å². The molecule has 0 spiro atoms. The van der Waals surface area contributed by atoms with Gasteiger partial charge >= 0.3 is 118 Å². The maximum Gasteiger partial charge on any atom is 1.00 e. The summed E-state index contributed by atoms with van der Waals surface area (Å²) in [6.07, 6.45) is -16.7. The number of rotatable bonds is 8. The molecular weight excluding hydrogens is 576 g/mol. The third kappa shape index (κ3) is 16.4. The van der Waals surface area contributed by atoms with Gasteiger partial charge in [-0.05, 0) is 0 Å². The van der Waals surface area contributed by atoms with Crippen LogP contribution in [0, 0.1) is 0 Å². The van der Waals surface area contributed by atoms with Gasteiger partial charge in [-0.15, -0.1) is 0 Å². The molecule has 0 aliphatic heterocycles. The van der Waals surface area contributed by atoms with Gasteiger partial charge in [-0.25, -0.2) is 0 Å². The van der Waals surface area contributed by atoms with E-state index in [1.54, 1.807) is 0 Å². The molecule has 18 nitrogen and oxygen atoms in total. The van der Waals surface area contributed by atoms with Gasteiger partial charge in [0.25, 0.3) is 31.3 Å². The number of aliphatic hydroxyl groups excluding tert-OH is 2. The first kappa shape index (κ1) is 43.4. The first-order valence-corrected chi connectivity index (χ1v) is 12.4. The second kappa shape index (κ2) is 16.5. The van der Waals surface area contributed by atoms with E-state index in [9.17, 15) is 48.0 Å². The summed E-state index contributed by atoms with van der Waals surface area (Å²) in [7, 11) is -23.7. The third-order valence-electron chi connectivity index (χ3n) is 3.01. The molecule has 1 aliphatic rings. The van der Waals surface area contributed by atoms with Crippen LogP contribution in [0.15, 0.2) is 0 Å². The van der Waals surface area contributed by atoms with Gasteiger partial charge in [0.1, 0.15) is 36.6 Å². The number of phosphoric acid groups is 4. The molecule has 0 heterocycles. The van der Waals surface area contributed by atoms with Gasteiger partial charge in [-0.2, -0.15) is 0 Å². The number of hydrogen-bond donors (Lipinski definition) is 6. The second-order valence-electron chi connectivity index (χ2n) is 5.14. The monoisotopic (exact) mass is 588 g/mol. The van der Waals surface area contributed by atoms with E-state index in [0.29, 0.717) is 0 Å². The fourth-order valence-electron chi connectivity index (χ4n) is 2.25. The van der Waals surface area contributed by atoms with Crippen LogP contribution >= 0.6 is 31.3 Å². The number of phosphoric ester groups is 4. The molecule has 1 fully saturated rings. The molecule has 32 heavy (non-hydrogen) atoms. The fraction of sp³-hybridized carbons (Fsp3) is 1.00. The predicted octanol–water partition coefficient (Wildman–Crippen LogP) is -17.9. The van der Waals surface area contributed by atoms with Crippen molar-refractivity contribution in [2.45, 2.75) is 36.6 Å². The Morgan fingerprint density at radius 3 is 0.781 bits per heavy atom. The van der Waals surface area contributed by atoms with Crippen molar-refractivity contribution in [3.8, 4) is 0 Å². The SMILES string of the molecule is O=P([O-])(O)OC1C(O)C(O)C(OP(=O)([O-])O)C(OP(=O)([O-])O)C1OP(=O)([O-])O.[Na+].[Na+].[Na+].[Na+]. The molecule has 6 N–H and O–H groups in total. The van der Waals surface area contributed by atoms with Crippen LogP contribution in [0.4, 0.5) is 0 Å². The first-order chi connectivity index (χ1) is 12.2. The van der Waals surface area contributed by atoms with Crippen molar-refractivity contribution in [3.05, 3.63) is 0 Å². The summed E-state index contributed by atoms with van der Waals surface area (Å²) in [6, 6.07) is 0. The molecular formula is C6H12Na4O18P4. The standard InChI is InChI=1S/C6H16O18P4.4Na/c7-1-2(8)4(22-26(12,13)14)6(24-28(18,19)20)5(23-27(15,16)17)3(1)21-25(9,10)11;;;;/h1-8H,(H2,9,10,11)(H2,12,13,14)(H2,15,16,17)(H2,18,19,20);;;;/q;4*+1/p-4. The Kier molecular flexibility index (Phi) is 22.3. The summed E-state index contributed by atoms with van der Waals surface area (Å²) < 4.78 is 59.3. The maximum atomic E-state index is 11.0. The molecule has 1 saturated carbocycles. The molecule has 168 valence electrons. The summed E-state index contributed by atoms with van der Waals surface area (Å²) in [5, 5.41) is 19.7. The van der Waals surface area contributed by atoms with E-state index < -0.39 is 67.9 Å². The molecule has 0 saturated heterocycles. The van der Waals surface area contributed by atoms with Gasteiger partial charge < -0.3 is 67.5 Å². The van der Waals surface area contributed by atoms with Gasteiger partial charge in [0.15, 0.2) is 0 Å². The Hall–Kier alpha value is 4.36. The Bertz CT molecular complexity index is 682. The molecule has 10 atom stereocenters. The van der Waals surface area contributed by atoms with Crippen LogP contribution < -0.4 is 138 Å². The van der Waals surface area contributed by atoms with E-state index in [0.717, 1.165) is 0 Å². The minimum atomic E-state index is -5.98. The molecule has 0 aromatic rings. The van der Waals surface area contributed by atoms with Crippen molar-refractivity contribution in [1.29, 1.82) is 0 Å². The van der Waals surface area contributed by atoms with Crippen molar-refractivity contribution >= 4 is 31.3 Å². The first-order valence-electron chi connectivity index (χ1n) is 6.45. The molecule has 1 rings (SSSR count). The van der Waals surface area contributed by atoms with Gasteiger partial charge in [0.05, 0.1) is 0 Å². The van der Waals surface area contributed by atoms with Crippen LogP contribution in [-0.4, -0.2) is 66.4 Å². The summed E-state index contributed by atoms with van der Waals surface area (Å²) >= 11 is 0. The van der Waals surface area contributed by atoms with Crippen molar-refractivity contribution in [1.82, 2.24) is 0 Å². The van der Waals surface area contributed by atoms with Crippen LogP contribution in [0.2, 0.25) is 0 Å². The second-order valence-corrected chi connectivity index (χ2v) is 9.73. The Morgan fingerprint density at radius 2 is 0.625 bits per heavy atom. The summed E-state index contributed by atoms with van der Waals surface area (Å²) in [6.45, 7) is 0. The van der Waals surface area contributed by atoms with E-state index >= 15 is 0 Å². The molecule has 0 amide bonds. The quantitative estimate of drug-likeness (QED) is 0.113. The third-order valence-corrected chi connectivity index (χ3v) is 5.05. The maximum absolute atomic E-state index is 11.0. The Labute approximate surface area is 268 Å². The van der Waals surface area contributed by atoms with Gasteiger partial charge in [-0.3, -0.25) is 18.3 Å². The Balaban J connectivity index is -0.000000980. The van der Waals surface area contributed by atoms with E-state index in [-0.39, 0.29) is 118 Å². The largest absolute Gasteiger partial charge is 1.00 e. The van der Waals surface area contributed by atoms with Crippen LogP contribution in [0.5, 0.6) is 0 Å². The van der Waals surface area contributed by atoms with Crippen LogP contribution in [0.3, 0.4) is 0 Å². The van der Waals surface area contributed by atoms with E-state index in [2.05, 4.69) is 18.1 Å². The summed E-state index contributed by atoms with van der Waals surface area (Å²) in [4.78, 5) is 78.7. The fourth-order valence-corrected chi connectivity index (χ4v) is 4.45. The smallest absolute Gasteiger partial charge is 0.756 e. The average molecular weight is 588 g/mol. The number of aliphatic hydroxyl groups is 2. The molecule has 0 aromatic heterocycles. The van der Waals surface area contributed by atoms with Crippen LogP contribution in [-0.2, 0) is 36.4 Å². The summed E-state index contributed by atoms with van der Waals surface area (Å²) in [5.41, 5.74) is 0. The van der Waals surface area contributed by atoms with Crippen molar-refractivity contribution in [3.63, 3.8) is 0 Å². The van der Waals surface area contributed by atoms with E-state index in [1.165, 1.54) is 0 Å². The van der Waals surface area contributed by atoms with Crippen molar-refractivity contribution in [2.75, 3.05) is 0 Å². The minimum Gasteiger partial charge on any atom is -0.756 e. The van der Waals surface area contributed by atoms with Gasteiger partial charge in [-0.1, -0.05) is 0 Å². The molecule has 26 heteroatoms. The normalized spacial score (nSPS) is 34.9. The van der Waals surface area contributed by atoms with Crippen LogP contribution in [0.1, 0.15) is 0 Å². The topological polar surface area (TPSA) is 319 Å². The predicted molar refractivity (Wildman–Crippen MR) is 70.8 cm³/mol. The number of hydrogen-bond acceptors (Lipinski definition) is 14. The van der Waals surface area contributed by atoms with Gasteiger partial charge in [0.2, 0.25) is 0 Å². The Morgan fingerprint density at radius 1 is 0.469 bits per heavy atom. The minimum absolute atomic E-state index is 0. The molecule has 1 aliphatic carbocycles. The van der Waals surface area contributed by atoms with Crippen molar-refractivity contribution < 1.29 is 204 Å².